The highest BCUT2D eigenvalue weighted by Crippen LogP contribution is 2.48. The molecule has 0 spiro atoms. The summed E-state index contributed by atoms with van der Waals surface area (Å²) in [5, 5.41) is 9.15. The Morgan fingerprint density at radius 1 is 1.23 bits per heavy atom. The Hall–Kier alpha value is -0.790. The summed E-state index contributed by atoms with van der Waals surface area (Å²) >= 11 is 1.81. The first-order chi connectivity index (χ1) is 5.99. The minimum Gasteiger partial charge on any atom is -0.504 e. The summed E-state index contributed by atoms with van der Waals surface area (Å²) in [4.78, 5) is 0. The van der Waals surface area contributed by atoms with E-state index in [4.69, 9.17) is 5.11 Å². The second-order valence-electron chi connectivity index (χ2n) is 2.39. The molecular weight excluding hydrogens is 297 g/mol. The van der Waals surface area contributed by atoms with E-state index >= 15 is 0 Å². The van der Waals surface area contributed by atoms with Crippen molar-refractivity contribution in [1.82, 2.24) is 0 Å². The summed E-state index contributed by atoms with van der Waals surface area (Å²) in [6.07, 6.45) is -3.68. The van der Waals surface area contributed by atoms with Crippen LogP contribution in [-0.4, -0.2) is 11.4 Å². The molecule has 1 aliphatic heterocycles. The monoisotopic (exact) mass is 300 g/mol. The van der Waals surface area contributed by atoms with Gasteiger partial charge in [-0.2, -0.15) is 0 Å². The highest BCUT2D eigenvalue weighted by molar-refractivity contribution is 14.1. The third kappa shape index (κ3) is 1.38. The van der Waals surface area contributed by atoms with Gasteiger partial charge in [-0.1, -0.05) is 0 Å². The van der Waals surface area contributed by atoms with E-state index in [9.17, 15) is 8.78 Å². The Kier molecular flexibility index (Phi) is 1.76. The zero-order valence-electron chi connectivity index (χ0n) is 6.05. The van der Waals surface area contributed by atoms with Gasteiger partial charge in [-0.3, -0.25) is 0 Å². The fourth-order valence-corrected chi connectivity index (χ4v) is 1.52. The van der Waals surface area contributed by atoms with E-state index in [0.717, 1.165) is 0 Å². The van der Waals surface area contributed by atoms with Crippen LogP contribution in [0.15, 0.2) is 12.1 Å². The van der Waals surface area contributed by atoms with E-state index in [1.165, 1.54) is 12.1 Å². The summed E-state index contributed by atoms with van der Waals surface area (Å²) in [6, 6.07) is 2.73. The van der Waals surface area contributed by atoms with Crippen LogP contribution in [-0.2, 0) is 0 Å². The molecule has 1 aliphatic rings. The quantitative estimate of drug-likeness (QED) is 0.747. The third-order valence-electron chi connectivity index (χ3n) is 1.49. The maximum absolute atomic E-state index is 12.5. The van der Waals surface area contributed by atoms with E-state index in [-0.39, 0.29) is 17.2 Å². The van der Waals surface area contributed by atoms with Crippen LogP contribution in [0.4, 0.5) is 8.78 Å². The minimum atomic E-state index is -3.68. The van der Waals surface area contributed by atoms with Crippen LogP contribution in [0, 0.1) is 3.57 Å². The number of hydrogen-bond donors (Lipinski definition) is 1. The summed E-state index contributed by atoms with van der Waals surface area (Å²) in [5.74, 6) is -0.782. The molecule has 6 heteroatoms. The molecule has 0 amide bonds. The zero-order valence-corrected chi connectivity index (χ0v) is 8.21. The van der Waals surface area contributed by atoms with Crippen LogP contribution in [0.25, 0.3) is 0 Å². The molecule has 0 radical (unpaired) electrons. The third-order valence-corrected chi connectivity index (χ3v) is 2.33. The number of rotatable bonds is 0. The first-order valence-electron chi connectivity index (χ1n) is 3.27. The molecular formula is C7H3F2IO3. The lowest BCUT2D eigenvalue weighted by atomic mass is 10.3. The van der Waals surface area contributed by atoms with Crippen molar-refractivity contribution < 1.29 is 23.4 Å². The molecule has 3 nitrogen and oxygen atoms in total. The molecule has 0 saturated heterocycles. The fourth-order valence-electron chi connectivity index (χ4n) is 0.980. The normalized spacial score (nSPS) is 17.5. The summed E-state index contributed by atoms with van der Waals surface area (Å²) < 4.78 is 33.8. The van der Waals surface area contributed by atoms with Gasteiger partial charge in [-0.05, 0) is 34.7 Å². The SMILES string of the molecule is Oc1ccc(I)c2c1OC(F)(F)O2. The second-order valence-corrected chi connectivity index (χ2v) is 3.55. The van der Waals surface area contributed by atoms with Crippen LogP contribution in [0.3, 0.4) is 0 Å². The van der Waals surface area contributed by atoms with E-state index < -0.39 is 6.29 Å². The number of phenolic OH excluding ortho intramolecular Hbond substituents is 1. The van der Waals surface area contributed by atoms with Gasteiger partial charge < -0.3 is 14.6 Å². The average Bonchev–Trinajstić information content (AvgIpc) is 2.35. The van der Waals surface area contributed by atoms with Crippen LogP contribution in [0.2, 0.25) is 0 Å². The van der Waals surface area contributed by atoms with Crippen molar-refractivity contribution in [1.29, 1.82) is 0 Å². The molecule has 0 bridgehead atoms. The summed E-state index contributed by atoms with van der Waals surface area (Å²) in [6.45, 7) is 0. The molecule has 0 aliphatic carbocycles. The number of fused-ring (bicyclic) bond motifs is 1. The number of ether oxygens (including phenoxy) is 2. The Balaban J connectivity index is 2.56. The molecule has 1 aromatic carbocycles. The molecule has 1 heterocycles. The number of halogens is 3. The van der Waals surface area contributed by atoms with Gasteiger partial charge in [0, 0.05) is 0 Å². The highest BCUT2D eigenvalue weighted by atomic mass is 127. The van der Waals surface area contributed by atoms with Crippen molar-refractivity contribution >= 4 is 22.6 Å². The van der Waals surface area contributed by atoms with Crippen molar-refractivity contribution in [2.45, 2.75) is 6.29 Å². The van der Waals surface area contributed by atoms with Crippen molar-refractivity contribution in [3.05, 3.63) is 15.7 Å². The predicted molar refractivity (Wildman–Crippen MR) is 47.0 cm³/mol. The Morgan fingerprint density at radius 3 is 2.46 bits per heavy atom. The van der Waals surface area contributed by atoms with Gasteiger partial charge in [0.1, 0.15) is 0 Å². The average molecular weight is 300 g/mol. The maximum Gasteiger partial charge on any atom is 0.586 e. The Bertz CT molecular complexity index is 334. The topological polar surface area (TPSA) is 38.7 Å². The standard InChI is InChI=1S/C7H3F2IO3/c8-7(9)12-5-3(10)1-2-4(11)6(5)13-7/h1-2,11H. The van der Waals surface area contributed by atoms with Gasteiger partial charge in [0.05, 0.1) is 3.57 Å². The molecule has 70 valence electrons. The lowest BCUT2D eigenvalue weighted by Crippen LogP contribution is -2.26. The van der Waals surface area contributed by atoms with Crippen molar-refractivity contribution in [3.8, 4) is 17.2 Å². The first kappa shape index (κ1) is 8.79. The first-order valence-corrected chi connectivity index (χ1v) is 4.35. The van der Waals surface area contributed by atoms with Crippen molar-refractivity contribution in [3.63, 3.8) is 0 Å². The maximum atomic E-state index is 12.5. The number of alkyl halides is 2. The van der Waals surface area contributed by atoms with Crippen molar-refractivity contribution in [2.24, 2.45) is 0 Å². The van der Waals surface area contributed by atoms with Gasteiger partial charge in [-0.25, -0.2) is 0 Å². The number of hydrogen-bond acceptors (Lipinski definition) is 3. The van der Waals surface area contributed by atoms with E-state index in [1.54, 1.807) is 0 Å². The largest absolute Gasteiger partial charge is 0.586 e. The zero-order chi connectivity index (χ0) is 9.64. The molecule has 0 saturated carbocycles. The fraction of sp³-hybridized carbons (Fsp3) is 0.143. The van der Waals surface area contributed by atoms with Crippen molar-refractivity contribution in [2.75, 3.05) is 0 Å². The van der Waals surface area contributed by atoms with E-state index in [1.807, 2.05) is 22.6 Å². The Morgan fingerprint density at radius 2 is 1.85 bits per heavy atom. The molecule has 2 rings (SSSR count). The van der Waals surface area contributed by atoms with Gasteiger partial charge in [0.2, 0.25) is 5.75 Å². The number of benzene rings is 1. The molecule has 0 atom stereocenters. The Labute approximate surface area is 85.4 Å². The van der Waals surface area contributed by atoms with E-state index in [2.05, 4.69) is 9.47 Å². The highest BCUT2D eigenvalue weighted by Gasteiger charge is 2.45. The van der Waals surface area contributed by atoms with Crippen LogP contribution < -0.4 is 9.47 Å². The minimum absolute atomic E-state index is 0.120. The molecule has 0 fully saturated rings. The molecule has 0 unspecified atom stereocenters. The number of aromatic hydroxyl groups is 1. The van der Waals surface area contributed by atoms with Crippen LogP contribution in [0.1, 0.15) is 0 Å². The second kappa shape index (κ2) is 2.60. The molecule has 0 aromatic heterocycles. The van der Waals surface area contributed by atoms with Gasteiger partial charge >= 0.3 is 6.29 Å². The summed E-state index contributed by atoms with van der Waals surface area (Å²) in [7, 11) is 0. The summed E-state index contributed by atoms with van der Waals surface area (Å²) in [5.41, 5.74) is 0. The van der Waals surface area contributed by atoms with Gasteiger partial charge in [-0.15, -0.1) is 8.78 Å². The predicted octanol–water partition coefficient (Wildman–Crippen LogP) is 2.32. The lowest BCUT2D eigenvalue weighted by Gasteiger charge is -2.04. The number of phenols is 1. The van der Waals surface area contributed by atoms with Crippen LogP contribution >= 0.6 is 22.6 Å². The molecule has 13 heavy (non-hydrogen) atoms. The van der Waals surface area contributed by atoms with Crippen LogP contribution in [0.5, 0.6) is 17.2 Å². The van der Waals surface area contributed by atoms with E-state index in [0.29, 0.717) is 3.57 Å². The molecule has 1 N–H and O–H groups in total. The lowest BCUT2D eigenvalue weighted by molar-refractivity contribution is -0.287. The van der Waals surface area contributed by atoms with Gasteiger partial charge in [0.15, 0.2) is 11.5 Å². The van der Waals surface area contributed by atoms with Gasteiger partial charge in [0.25, 0.3) is 0 Å². The smallest absolute Gasteiger partial charge is 0.504 e. The molecule has 1 aromatic rings.